The molecule has 4 rings (SSSR count). The summed E-state index contributed by atoms with van der Waals surface area (Å²) in [6, 6.07) is 9.93. The summed E-state index contributed by atoms with van der Waals surface area (Å²) in [7, 11) is 0. The van der Waals surface area contributed by atoms with Crippen LogP contribution in [0.2, 0.25) is 0 Å². The fourth-order valence-electron chi connectivity index (χ4n) is 2.98. The van der Waals surface area contributed by atoms with Gasteiger partial charge in [0.2, 0.25) is 0 Å². The highest BCUT2D eigenvalue weighted by Gasteiger charge is 2.20. The minimum absolute atomic E-state index is 0.0122. The summed E-state index contributed by atoms with van der Waals surface area (Å²) in [5, 5.41) is 17.5. The number of fused-ring (bicyclic) bond motifs is 2. The van der Waals surface area contributed by atoms with E-state index in [0.29, 0.717) is 5.75 Å². The van der Waals surface area contributed by atoms with Crippen LogP contribution in [0, 0.1) is 0 Å². The van der Waals surface area contributed by atoms with Crippen molar-refractivity contribution in [2.45, 2.75) is 25.5 Å². The molecule has 1 N–H and O–H groups in total. The maximum Gasteiger partial charge on any atom is 0.150 e. The molecule has 0 saturated carbocycles. The highest BCUT2D eigenvalue weighted by molar-refractivity contribution is 6.03. The van der Waals surface area contributed by atoms with Crippen LogP contribution in [0.15, 0.2) is 36.5 Å². The van der Waals surface area contributed by atoms with Crippen molar-refractivity contribution in [3.8, 4) is 5.75 Å². The first-order valence-corrected chi connectivity index (χ1v) is 7.04. The van der Waals surface area contributed by atoms with E-state index in [2.05, 4.69) is 11.2 Å². The van der Waals surface area contributed by atoms with Gasteiger partial charge in [-0.25, -0.2) is 4.68 Å². The van der Waals surface area contributed by atoms with Gasteiger partial charge < -0.3 is 9.84 Å². The fourth-order valence-corrected chi connectivity index (χ4v) is 2.98. The number of aromatic hydroxyl groups is 1. The second-order valence-corrected chi connectivity index (χ2v) is 5.29. The largest absolute Gasteiger partial charge is 0.507 e. The fraction of sp³-hybridized carbons (Fsp3) is 0.312. The molecule has 1 aromatic heterocycles. The molecular formula is C16H16N2O2. The predicted octanol–water partition coefficient (Wildman–Crippen LogP) is 3.59. The van der Waals surface area contributed by atoms with Gasteiger partial charge in [-0.05, 0) is 30.7 Å². The molecule has 1 fully saturated rings. The molecule has 0 spiro atoms. The average Bonchev–Trinajstić information content (AvgIpc) is 2.92. The van der Waals surface area contributed by atoms with E-state index in [1.165, 1.54) is 0 Å². The molecule has 0 radical (unpaired) electrons. The molecule has 3 aromatic rings. The lowest BCUT2D eigenvalue weighted by Gasteiger charge is -2.23. The van der Waals surface area contributed by atoms with E-state index < -0.39 is 0 Å². The van der Waals surface area contributed by atoms with Gasteiger partial charge in [-0.2, -0.15) is 5.10 Å². The Labute approximate surface area is 116 Å². The molecule has 1 unspecified atom stereocenters. The molecule has 4 nitrogen and oxygen atoms in total. The third-order valence-electron chi connectivity index (χ3n) is 4.03. The maximum atomic E-state index is 10.4. The Morgan fingerprint density at radius 1 is 1.20 bits per heavy atom. The summed E-state index contributed by atoms with van der Waals surface area (Å²) < 4.78 is 7.70. The highest BCUT2D eigenvalue weighted by Crippen LogP contribution is 2.35. The molecular weight excluding hydrogens is 252 g/mol. The van der Waals surface area contributed by atoms with Gasteiger partial charge in [0, 0.05) is 12.0 Å². The predicted molar refractivity (Wildman–Crippen MR) is 77.7 cm³/mol. The van der Waals surface area contributed by atoms with Crippen LogP contribution in [0.25, 0.3) is 21.7 Å². The van der Waals surface area contributed by atoms with Crippen LogP contribution in [0.3, 0.4) is 0 Å². The Balaban J connectivity index is 1.95. The lowest BCUT2D eigenvalue weighted by Crippen LogP contribution is -2.18. The van der Waals surface area contributed by atoms with Crippen molar-refractivity contribution in [2.75, 3.05) is 6.61 Å². The molecule has 2 aromatic carbocycles. The SMILES string of the molecule is Oc1c2ccccc2cc2c1cnn2C1CCCCO1. The van der Waals surface area contributed by atoms with Crippen molar-refractivity contribution in [2.24, 2.45) is 0 Å². The monoisotopic (exact) mass is 268 g/mol. The van der Waals surface area contributed by atoms with Gasteiger partial charge in [-0.15, -0.1) is 0 Å². The van der Waals surface area contributed by atoms with Crippen molar-refractivity contribution in [1.29, 1.82) is 0 Å². The highest BCUT2D eigenvalue weighted by atomic mass is 16.5. The zero-order valence-electron chi connectivity index (χ0n) is 11.1. The number of aromatic nitrogens is 2. The number of hydrogen-bond acceptors (Lipinski definition) is 3. The van der Waals surface area contributed by atoms with Gasteiger partial charge in [0.1, 0.15) is 5.75 Å². The van der Waals surface area contributed by atoms with Crippen molar-refractivity contribution in [1.82, 2.24) is 9.78 Å². The summed E-state index contributed by atoms with van der Waals surface area (Å²) in [6.07, 6.45) is 4.97. The average molecular weight is 268 g/mol. The van der Waals surface area contributed by atoms with Crippen LogP contribution in [-0.4, -0.2) is 21.5 Å². The zero-order chi connectivity index (χ0) is 13.5. The number of phenols is 1. The molecule has 1 aliphatic rings. The van der Waals surface area contributed by atoms with E-state index >= 15 is 0 Å². The third kappa shape index (κ3) is 1.68. The molecule has 20 heavy (non-hydrogen) atoms. The van der Waals surface area contributed by atoms with E-state index in [0.717, 1.165) is 47.5 Å². The van der Waals surface area contributed by atoms with E-state index in [4.69, 9.17) is 4.74 Å². The number of hydrogen-bond donors (Lipinski definition) is 1. The number of rotatable bonds is 1. The van der Waals surface area contributed by atoms with Crippen LogP contribution in [0.1, 0.15) is 25.5 Å². The van der Waals surface area contributed by atoms with Crippen molar-refractivity contribution in [3.63, 3.8) is 0 Å². The minimum Gasteiger partial charge on any atom is -0.507 e. The number of ether oxygens (including phenoxy) is 1. The minimum atomic E-state index is -0.0122. The quantitative estimate of drug-likeness (QED) is 0.733. The smallest absolute Gasteiger partial charge is 0.150 e. The molecule has 1 aliphatic heterocycles. The van der Waals surface area contributed by atoms with Gasteiger partial charge in [-0.1, -0.05) is 24.3 Å². The standard InChI is InChI=1S/C16H16N2O2/c19-16-12-6-2-1-5-11(12)9-14-13(16)10-17-18(14)15-7-3-4-8-20-15/h1-2,5-6,9-10,15,19H,3-4,7-8H2. The summed E-state index contributed by atoms with van der Waals surface area (Å²) in [5.41, 5.74) is 0.938. The van der Waals surface area contributed by atoms with Gasteiger partial charge in [-0.3, -0.25) is 0 Å². The molecule has 0 aliphatic carbocycles. The van der Waals surface area contributed by atoms with Gasteiger partial charge in [0.15, 0.2) is 6.23 Å². The van der Waals surface area contributed by atoms with E-state index in [1.807, 2.05) is 28.9 Å². The van der Waals surface area contributed by atoms with Crippen LogP contribution < -0.4 is 0 Å². The first-order valence-electron chi connectivity index (χ1n) is 7.04. The van der Waals surface area contributed by atoms with Crippen LogP contribution in [0.5, 0.6) is 5.75 Å². The molecule has 0 bridgehead atoms. The second kappa shape index (κ2) is 4.49. The van der Waals surface area contributed by atoms with E-state index in [9.17, 15) is 5.11 Å². The molecule has 2 heterocycles. The third-order valence-corrected chi connectivity index (χ3v) is 4.03. The Morgan fingerprint density at radius 2 is 2.10 bits per heavy atom. The lowest BCUT2D eigenvalue weighted by atomic mass is 10.1. The molecule has 4 heteroatoms. The second-order valence-electron chi connectivity index (χ2n) is 5.29. The van der Waals surface area contributed by atoms with Crippen LogP contribution >= 0.6 is 0 Å². The van der Waals surface area contributed by atoms with E-state index in [1.54, 1.807) is 6.20 Å². The normalized spacial score (nSPS) is 19.7. The lowest BCUT2D eigenvalue weighted by molar-refractivity contribution is -0.0366. The molecule has 102 valence electrons. The molecule has 1 saturated heterocycles. The van der Waals surface area contributed by atoms with Crippen LogP contribution in [-0.2, 0) is 4.74 Å². The Bertz CT molecular complexity index is 773. The van der Waals surface area contributed by atoms with Crippen molar-refractivity contribution in [3.05, 3.63) is 36.5 Å². The summed E-state index contributed by atoms with van der Waals surface area (Å²) in [6.45, 7) is 0.783. The number of nitrogens with zero attached hydrogens (tertiary/aromatic N) is 2. The molecule has 0 amide bonds. The van der Waals surface area contributed by atoms with Gasteiger partial charge in [0.25, 0.3) is 0 Å². The zero-order valence-corrected chi connectivity index (χ0v) is 11.1. The Morgan fingerprint density at radius 3 is 2.95 bits per heavy atom. The van der Waals surface area contributed by atoms with Crippen LogP contribution in [0.4, 0.5) is 0 Å². The van der Waals surface area contributed by atoms with Crippen molar-refractivity contribution >= 4 is 21.7 Å². The summed E-state index contributed by atoms with van der Waals surface area (Å²) >= 11 is 0. The maximum absolute atomic E-state index is 10.4. The first-order chi connectivity index (χ1) is 9.84. The summed E-state index contributed by atoms with van der Waals surface area (Å²) in [5.74, 6) is 0.306. The van der Waals surface area contributed by atoms with E-state index in [-0.39, 0.29) is 6.23 Å². The summed E-state index contributed by atoms with van der Waals surface area (Å²) in [4.78, 5) is 0. The first kappa shape index (κ1) is 11.7. The Hall–Kier alpha value is -2.07. The van der Waals surface area contributed by atoms with Gasteiger partial charge in [0.05, 0.1) is 17.1 Å². The number of benzene rings is 2. The molecule has 1 atom stereocenters. The Kier molecular flexibility index (Phi) is 2.63. The topological polar surface area (TPSA) is 47.3 Å². The number of phenolic OH excluding ortho intramolecular Hbond substituents is 1. The van der Waals surface area contributed by atoms with Crippen molar-refractivity contribution < 1.29 is 9.84 Å². The van der Waals surface area contributed by atoms with Gasteiger partial charge >= 0.3 is 0 Å².